The maximum atomic E-state index is 10.5. The molecular formula is C7H10BNaO5. The second-order valence-electron chi connectivity index (χ2n) is 2.27. The molecular weight excluding hydrogens is 198 g/mol. The average molecular weight is 208 g/mol. The van der Waals surface area contributed by atoms with Crippen molar-refractivity contribution in [2.45, 2.75) is 0 Å². The predicted octanol–water partition coefficient (Wildman–Crippen LogP) is -2.41. The summed E-state index contributed by atoms with van der Waals surface area (Å²) >= 11 is 0. The van der Waals surface area contributed by atoms with Gasteiger partial charge in [0.25, 0.3) is 0 Å². The van der Waals surface area contributed by atoms with Gasteiger partial charge in [-0.25, -0.2) is 4.79 Å². The van der Waals surface area contributed by atoms with Crippen molar-refractivity contribution in [3.8, 4) is 0 Å². The molecule has 0 aliphatic rings. The molecule has 5 N–H and O–H groups in total. The molecule has 0 aromatic heterocycles. The molecule has 0 atom stereocenters. The summed E-state index contributed by atoms with van der Waals surface area (Å²) in [6.07, 6.45) is 0. The van der Waals surface area contributed by atoms with E-state index in [2.05, 4.69) is 0 Å². The standard InChI is InChI=1S/C7H7BO4.Na.H2O.H/c9-7(10)5-3-1-2-4-6(5)8(11)12;;;/h1-4,11-12H,(H,9,10);;1H2;. The van der Waals surface area contributed by atoms with Crippen molar-refractivity contribution in [2.24, 2.45) is 0 Å². The molecule has 0 fully saturated rings. The first-order chi connectivity index (χ1) is 5.63. The van der Waals surface area contributed by atoms with E-state index in [1.807, 2.05) is 0 Å². The molecule has 0 amide bonds. The van der Waals surface area contributed by atoms with Crippen LogP contribution in [0.25, 0.3) is 0 Å². The van der Waals surface area contributed by atoms with Crippen LogP contribution in [0.4, 0.5) is 0 Å². The van der Waals surface area contributed by atoms with Gasteiger partial charge in [0.15, 0.2) is 0 Å². The molecule has 0 saturated carbocycles. The SMILES string of the molecule is O.O=C(O)c1ccccc1B(O)O.[NaH]. The normalized spacial score (nSPS) is 8.14. The third-order valence-corrected chi connectivity index (χ3v) is 1.47. The number of hydrogen-bond acceptors (Lipinski definition) is 3. The van der Waals surface area contributed by atoms with Crippen LogP contribution in [0.3, 0.4) is 0 Å². The van der Waals surface area contributed by atoms with Gasteiger partial charge in [-0.15, -0.1) is 0 Å². The monoisotopic (exact) mass is 208 g/mol. The van der Waals surface area contributed by atoms with Crippen LogP contribution in [0.15, 0.2) is 24.3 Å². The molecule has 0 aliphatic carbocycles. The second kappa shape index (κ2) is 7.00. The zero-order valence-electron chi connectivity index (χ0n) is 6.64. The summed E-state index contributed by atoms with van der Waals surface area (Å²) < 4.78 is 0. The molecule has 1 rings (SSSR count). The third kappa shape index (κ3) is 3.79. The number of rotatable bonds is 2. The van der Waals surface area contributed by atoms with Crippen molar-refractivity contribution < 1.29 is 25.4 Å². The van der Waals surface area contributed by atoms with E-state index in [9.17, 15) is 4.79 Å². The summed E-state index contributed by atoms with van der Waals surface area (Å²) in [5, 5.41) is 26.1. The Bertz CT molecular complexity index is 304. The van der Waals surface area contributed by atoms with Crippen LogP contribution in [0, 0.1) is 0 Å². The van der Waals surface area contributed by atoms with E-state index in [1.54, 1.807) is 6.07 Å². The number of hydrogen-bond donors (Lipinski definition) is 3. The third-order valence-electron chi connectivity index (χ3n) is 1.47. The van der Waals surface area contributed by atoms with E-state index in [4.69, 9.17) is 15.2 Å². The van der Waals surface area contributed by atoms with Crippen LogP contribution >= 0.6 is 0 Å². The van der Waals surface area contributed by atoms with Crippen molar-refractivity contribution in [2.75, 3.05) is 0 Å². The molecule has 0 unspecified atom stereocenters. The van der Waals surface area contributed by atoms with Crippen molar-refractivity contribution in [3.05, 3.63) is 29.8 Å². The van der Waals surface area contributed by atoms with Gasteiger partial charge in [0, 0.05) is 0 Å². The summed E-state index contributed by atoms with van der Waals surface area (Å²) in [7, 11) is -1.74. The van der Waals surface area contributed by atoms with E-state index in [1.165, 1.54) is 18.2 Å². The molecule has 0 bridgehead atoms. The second-order valence-corrected chi connectivity index (χ2v) is 2.27. The first-order valence-electron chi connectivity index (χ1n) is 3.31. The van der Waals surface area contributed by atoms with Gasteiger partial charge in [-0.05, 0) is 11.5 Å². The molecule has 14 heavy (non-hydrogen) atoms. The summed E-state index contributed by atoms with van der Waals surface area (Å²) in [5.74, 6) is -1.17. The molecule has 1 aromatic carbocycles. The minimum atomic E-state index is -1.74. The van der Waals surface area contributed by atoms with Gasteiger partial charge in [0.2, 0.25) is 0 Å². The van der Waals surface area contributed by atoms with Crippen molar-refractivity contribution in [3.63, 3.8) is 0 Å². The molecule has 0 saturated heterocycles. The minimum absolute atomic E-state index is 0. The molecule has 5 nitrogen and oxygen atoms in total. The molecule has 0 heterocycles. The van der Waals surface area contributed by atoms with Crippen LogP contribution in [0.2, 0.25) is 0 Å². The fourth-order valence-electron chi connectivity index (χ4n) is 0.917. The Kier molecular flexibility index (Phi) is 8.04. The van der Waals surface area contributed by atoms with Gasteiger partial charge in [-0.2, -0.15) is 0 Å². The van der Waals surface area contributed by atoms with Gasteiger partial charge in [-0.3, -0.25) is 0 Å². The first kappa shape index (κ1) is 16.1. The number of carbonyl (C=O) groups is 1. The Balaban J connectivity index is 0. The van der Waals surface area contributed by atoms with E-state index in [-0.39, 0.29) is 46.1 Å². The van der Waals surface area contributed by atoms with Crippen LogP contribution < -0.4 is 5.46 Å². The number of carboxylic acid groups (broad SMARTS) is 1. The summed E-state index contributed by atoms with van der Waals surface area (Å²) in [4.78, 5) is 10.5. The van der Waals surface area contributed by atoms with Crippen molar-refractivity contribution >= 4 is 48.1 Å². The molecule has 0 spiro atoms. The van der Waals surface area contributed by atoms with Crippen LogP contribution in [0.1, 0.15) is 10.4 Å². The fraction of sp³-hybridized carbons (Fsp3) is 0. The zero-order valence-corrected chi connectivity index (χ0v) is 6.64. The van der Waals surface area contributed by atoms with Crippen LogP contribution in [-0.2, 0) is 0 Å². The Morgan fingerprint density at radius 2 is 1.71 bits per heavy atom. The Hall–Kier alpha value is -0.365. The van der Waals surface area contributed by atoms with Gasteiger partial charge in [0.1, 0.15) is 0 Å². The first-order valence-corrected chi connectivity index (χ1v) is 3.31. The van der Waals surface area contributed by atoms with Crippen molar-refractivity contribution in [1.29, 1.82) is 0 Å². The van der Waals surface area contributed by atoms with Gasteiger partial charge in [-0.1, -0.05) is 18.2 Å². The van der Waals surface area contributed by atoms with E-state index in [0.29, 0.717) is 0 Å². The molecule has 0 radical (unpaired) electrons. The molecule has 7 heteroatoms. The predicted molar refractivity (Wildman–Crippen MR) is 54.0 cm³/mol. The van der Waals surface area contributed by atoms with E-state index < -0.39 is 13.1 Å². The fourth-order valence-corrected chi connectivity index (χ4v) is 0.917. The molecule has 0 aliphatic heterocycles. The topological polar surface area (TPSA) is 109 Å². The Morgan fingerprint density at radius 3 is 2.07 bits per heavy atom. The van der Waals surface area contributed by atoms with Gasteiger partial charge >= 0.3 is 42.6 Å². The Morgan fingerprint density at radius 1 is 1.21 bits per heavy atom. The number of aromatic carboxylic acids is 1. The van der Waals surface area contributed by atoms with E-state index in [0.717, 1.165) is 0 Å². The summed E-state index contributed by atoms with van der Waals surface area (Å²) in [6.45, 7) is 0. The number of carboxylic acids is 1. The van der Waals surface area contributed by atoms with Crippen molar-refractivity contribution in [1.82, 2.24) is 0 Å². The Labute approximate surface area is 103 Å². The quantitative estimate of drug-likeness (QED) is 0.470. The molecule has 72 valence electrons. The van der Waals surface area contributed by atoms with Crippen LogP contribution in [-0.4, -0.2) is 63.3 Å². The average Bonchev–Trinajstić information content (AvgIpc) is 2.04. The number of benzene rings is 1. The van der Waals surface area contributed by atoms with Crippen LogP contribution in [0.5, 0.6) is 0 Å². The zero-order chi connectivity index (χ0) is 9.14. The summed E-state index contributed by atoms with van der Waals surface area (Å²) in [5.41, 5.74) is -0.0856. The summed E-state index contributed by atoms with van der Waals surface area (Å²) in [6, 6.07) is 5.74. The maximum absolute atomic E-state index is 10.5. The van der Waals surface area contributed by atoms with E-state index >= 15 is 0 Å². The van der Waals surface area contributed by atoms with Gasteiger partial charge < -0.3 is 20.6 Å². The van der Waals surface area contributed by atoms with Gasteiger partial charge in [0.05, 0.1) is 5.56 Å². The molecule has 1 aromatic rings.